The number of benzene rings is 2. The van der Waals surface area contributed by atoms with Gasteiger partial charge in [0.05, 0.1) is 29.0 Å². The lowest BCUT2D eigenvalue weighted by molar-refractivity contribution is -0.132. The van der Waals surface area contributed by atoms with Crippen molar-refractivity contribution in [2.75, 3.05) is 36.0 Å². The van der Waals surface area contributed by atoms with Gasteiger partial charge in [0.1, 0.15) is 18.2 Å². The van der Waals surface area contributed by atoms with Crippen LogP contribution in [0.25, 0.3) is 10.9 Å². The number of piperazine rings is 1. The van der Waals surface area contributed by atoms with Gasteiger partial charge in [-0.05, 0) is 75.2 Å². The van der Waals surface area contributed by atoms with Crippen LogP contribution in [0.4, 0.5) is 16.2 Å². The quantitative estimate of drug-likeness (QED) is 0.323. The second kappa shape index (κ2) is 11.4. The molecule has 2 amide bonds. The first-order valence-corrected chi connectivity index (χ1v) is 15.8. The minimum atomic E-state index is -0.506. The maximum absolute atomic E-state index is 13.6. The van der Waals surface area contributed by atoms with E-state index in [1.807, 2.05) is 61.5 Å². The van der Waals surface area contributed by atoms with Gasteiger partial charge >= 0.3 is 6.09 Å². The predicted octanol–water partition coefficient (Wildman–Crippen LogP) is 4.73. The van der Waals surface area contributed by atoms with E-state index in [1.165, 1.54) is 5.56 Å². The van der Waals surface area contributed by atoms with E-state index >= 15 is 0 Å². The average molecular weight is 619 g/mol. The number of carbonyl (C=O) groups is 2. The molecule has 0 radical (unpaired) electrons. The van der Waals surface area contributed by atoms with E-state index in [4.69, 9.17) is 9.84 Å². The molecule has 1 saturated heterocycles. The topological polar surface area (TPSA) is 111 Å². The van der Waals surface area contributed by atoms with Crippen molar-refractivity contribution >= 4 is 34.3 Å². The number of pyridine rings is 1. The van der Waals surface area contributed by atoms with Crippen molar-refractivity contribution in [1.82, 2.24) is 24.6 Å². The van der Waals surface area contributed by atoms with Gasteiger partial charge < -0.3 is 24.3 Å². The van der Waals surface area contributed by atoms with Crippen molar-refractivity contribution in [3.8, 4) is 6.07 Å². The van der Waals surface area contributed by atoms with Crippen LogP contribution in [0.3, 0.4) is 0 Å². The first kappa shape index (κ1) is 29.6. The fraction of sp³-hybridized carbons (Fsp3) is 0.400. The Morgan fingerprint density at radius 1 is 0.935 bits per heavy atom. The number of nitriles is 1. The van der Waals surface area contributed by atoms with Gasteiger partial charge in [-0.15, -0.1) is 0 Å². The highest BCUT2D eigenvalue weighted by Crippen LogP contribution is 2.36. The summed E-state index contributed by atoms with van der Waals surface area (Å²) in [6.45, 7) is 13.0. The van der Waals surface area contributed by atoms with Crippen molar-refractivity contribution in [3.05, 3.63) is 82.3 Å². The molecular formula is C35H38N8O3. The Labute approximate surface area is 268 Å². The average Bonchev–Trinajstić information content (AvgIpc) is 3.74. The molecule has 3 aliphatic rings. The van der Waals surface area contributed by atoms with E-state index in [2.05, 4.69) is 39.1 Å². The number of ether oxygens (including phenoxy) is 1. The first-order chi connectivity index (χ1) is 22.1. The van der Waals surface area contributed by atoms with Crippen LogP contribution >= 0.6 is 0 Å². The van der Waals surface area contributed by atoms with Crippen molar-refractivity contribution in [2.24, 2.45) is 0 Å². The maximum Gasteiger partial charge on any atom is 0.410 e. The summed E-state index contributed by atoms with van der Waals surface area (Å²) in [5, 5.41) is 15.3. The van der Waals surface area contributed by atoms with Crippen molar-refractivity contribution in [3.63, 3.8) is 0 Å². The molecule has 0 bridgehead atoms. The van der Waals surface area contributed by atoms with Gasteiger partial charge in [-0.2, -0.15) is 10.4 Å². The number of fused-ring (bicyclic) bond motifs is 3. The van der Waals surface area contributed by atoms with Gasteiger partial charge in [-0.25, -0.2) is 4.79 Å². The van der Waals surface area contributed by atoms with E-state index in [-0.39, 0.29) is 18.5 Å². The molecule has 4 aromatic rings. The van der Waals surface area contributed by atoms with Crippen molar-refractivity contribution < 1.29 is 14.3 Å². The molecular weight excluding hydrogens is 580 g/mol. The normalized spacial score (nSPS) is 16.1. The molecule has 0 atom stereocenters. The summed E-state index contributed by atoms with van der Waals surface area (Å²) in [6.07, 6.45) is 1.45. The molecule has 11 heteroatoms. The Balaban J connectivity index is 1.00. The van der Waals surface area contributed by atoms with Crippen LogP contribution in [0.1, 0.15) is 54.4 Å². The summed E-state index contributed by atoms with van der Waals surface area (Å²) in [5.74, 6) is 0.0421. The van der Waals surface area contributed by atoms with Crippen LogP contribution in [0, 0.1) is 18.3 Å². The van der Waals surface area contributed by atoms with E-state index in [0.717, 1.165) is 52.4 Å². The zero-order valence-electron chi connectivity index (χ0n) is 26.8. The van der Waals surface area contributed by atoms with Gasteiger partial charge in [-0.1, -0.05) is 6.07 Å². The number of hydrogen-bond acceptors (Lipinski definition) is 8. The molecule has 46 heavy (non-hydrogen) atoms. The Bertz CT molecular complexity index is 1890. The predicted molar refractivity (Wildman–Crippen MR) is 174 cm³/mol. The number of carbonyl (C=O) groups excluding carboxylic acids is 2. The van der Waals surface area contributed by atoms with Gasteiger partial charge in [0, 0.05) is 74.3 Å². The maximum atomic E-state index is 13.6. The Hall–Kier alpha value is -5.11. The molecule has 236 valence electrons. The molecule has 7 rings (SSSR count). The number of hydrogen-bond donors (Lipinski definition) is 0. The Kier molecular flexibility index (Phi) is 7.31. The summed E-state index contributed by atoms with van der Waals surface area (Å²) < 4.78 is 7.41. The number of aryl methyl sites for hydroxylation is 1. The molecule has 0 unspecified atom stereocenters. The molecule has 0 aliphatic carbocycles. The third-order valence-corrected chi connectivity index (χ3v) is 9.11. The first-order valence-electron chi connectivity index (χ1n) is 15.8. The molecule has 0 saturated carbocycles. The Morgan fingerprint density at radius 2 is 1.72 bits per heavy atom. The van der Waals surface area contributed by atoms with Crippen LogP contribution < -0.4 is 9.80 Å². The molecule has 2 aromatic carbocycles. The monoisotopic (exact) mass is 618 g/mol. The van der Waals surface area contributed by atoms with Gasteiger partial charge in [0.25, 0.3) is 0 Å². The second-order valence-electron chi connectivity index (χ2n) is 13.3. The largest absolute Gasteiger partial charge is 0.444 e. The third-order valence-electron chi connectivity index (χ3n) is 9.11. The lowest BCUT2D eigenvalue weighted by atomic mass is 10.1. The third kappa shape index (κ3) is 5.49. The van der Waals surface area contributed by atoms with Crippen LogP contribution in [-0.2, 0) is 42.3 Å². The molecule has 3 aliphatic heterocycles. The van der Waals surface area contributed by atoms with Crippen LogP contribution in [-0.4, -0.2) is 68.3 Å². The molecule has 1 fully saturated rings. The lowest BCUT2D eigenvalue weighted by Crippen LogP contribution is -2.50. The fourth-order valence-electron chi connectivity index (χ4n) is 6.76. The van der Waals surface area contributed by atoms with Crippen LogP contribution in [0.2, 0.25) is 0 Å². The fourth-order valence-corrected chi connectivity index (χ4v) is 6.76. The summed E-state index contributed by atoms with van der Waals surface area (Å²) in [6, 6.07) is 16.4. The summed E-state index contributed by atoms with van der Waals surface area (Å²) in [7, 11) is 0. The highest BCUT2D eigenvalue weighted by Gasteiger charge is 2.31. The van der Waals surface area contributed by atoms with E-state index < -0.39 is 5.60 Å². The molecule has 5 heterocycles. The minimum Gasteiger partial charge on any atom is -0.444 e. The van der Waals surface area contributed by atoms with Gasteiger partial charge in [-0.3, -0.25) is 14.5 Å². The number of anilines is 2. The number of amides is 2. The van der Waals surface area contributed by atoms with E-state index in [0.29, 0.717) is 50.3 Å². The number of rotatable bonds is 4. The zero-order chi connectivity index (χ0) is 32.2. The SMILES string of the molecule is Cc1nn(CC(=O)N2Cc3ccc(N4CCN(C(=O)OC(C)(C)C)CC4)cc3C2)c2c1CN(c1ccc(C#N)c3ncccc13)C2. The van der Waals surface area contributed by atoms with E-state index in [1.54, 1.807) is 11.1 Å². The number of nitrogens with zero attached hydrogens (tertiary/aromatic N) is 8. The standard InChI is InChI=1S/C35H38N8O3/c1-23-29-20-41(30-10-8-24(17-36)33-28(30)6-5-11-37-33)21-31(29)43(38-23)22-32(44)42-18-25-7-9-27(16-26(25)19-42)39-12-14-40(15-13-39)34(45)46-35(2,3)4/h5-11,16H,12-15,18-22H2,1-4H3. The zero-order valence-corrected chi connectivity index (χ0v) is 26.8. The summed E-state index contributed by atoms with van der Waals surface area (Å²) >= 11 is 0. The molecule has 11 nitrogen and oxygen atoms in total. The van der Waals surface area contributed by atoms with E-state index in [9.17, 15) is 14.9 Å². The van der Waals surface area contributed by atoms with Gasteiger partial charge in [0.2, 0.25) is 5.91 Å². The van der Waals surface area contributed by atoms with Crippen LogP contribution in [0.5, 0.6) is 0 Å². The number of aromatic nitrogens is 3. The molecule has 2 aromatic heterocycles. The summed E-state index contributed by atoms with van der Waals surface area (Å²) in [4.78, 5) is 38.8. The molecule has 0 N–H and O–H groups in total. The van der Waals surface area contributed by atoms with Crippen molar-refractivity contribution in [1.29, 1.82) is 5.26 Å². The molecule has 0 spiro atoms. The minimum absolute atomic E-state index is 0.0421. The second-order valence-corrected chi connectivity index (χ2v) is 13.3. The summed E-state index contributed by atoms with van der Waals surface area (Å²) in [5.41, 5.74) is 8.35. The Morgan fingerprint density at radius 3 is 2.48 bits per heavy atom. The van der Waals surface area contributed by atoms with Gasteiger partial charge in [0.15, 0.2) is 0 Å². The van der Waals surface area contributed by atoms with Crippen molar-refractivity contribution in [2.45, 2.75) is 66.0 Å². The lowest BCUT2D eigenvalue weighted by Gasteiger charge is -2.36. The van der Waals surface area contributed by atoms with Crippen LogP contribution in [0.15, 0.2) is 48.7 Å². The smallest absolute Gasteiger partial charge is 0.410 e. The highest BCUT2D eigenvalue weighted by atomic mass is 16.6. The highest BCUT2D eigenvalue weighted by molar-refractivity contribution is 5.95.